The van der Waals surface area contributed by atoms with Crippen molar-refractivity contribution < 1.29 is 33.4 Å². The molecule has 2 aromatic carbocycles. The predicted molar refractivity (Wildman–Crippen MR) is 175 cm³/mol. The Morgan fingerprint density at radius 3 is 2.33 bits per heavy atom. The fraction of sp³-hybridized carbons (Fsp3) is 0.400. The van der Waals surface area contributed by atoms with Crippen LogP contribution in [0.2, 0.25) is 10.4 Å². The van der Waals surface area contributed by atoms with Gasteiger partial charge in [-0.15, -0.1) is 0 Å². The van der Waals surface area contributed by atoms with Gasteiger partial charge in [0.05, 0.1) is 30.8 Å². The number of phenols is 1. The molecule has 0 aromatic heterocycles. The topological polar surface area (TPSA) is 108 Å². The number of halogens is 1. The summed E-state index contributed by atoms with van der Waals surface area (Å²) in [6, 6.07) is 5.05. The van der Waals surface area contributed by atoms with Crippen LogP contribution in [0.25, 0.3) is 0 Å². The Kier molecular flexibility index (Phi) is 7.67. The number of hydrogen-bond donors (Lipinski definition) is 2. The van der Waals surface area contributed by atoms with Gasteiger partial charge in [0.25, 0.3) is 5.91 Å². The van der Waals surface area contributed by atoms with Crippen LogP contribution in [0.4, 0.5) is 4.39 Å². The number of hydrogen-bond acceptors (Lipinski definition) is 7. The van der Waals surface area contributed by atoms with Crippen molar-refractivity contribution in [1.82, 2.24) is 15.1 Å². The van der Waals surface area contributed by atoms with Crippen molar-refractivity contribution in [3.8, 4) is 11.5 Å². The lowest BCUT2D eigenvalue weighted by atomic mass is 9.21. The van der Waals surface area contributed by atoms with Crippen molar-refractivity contribution in [2.24, 2.45) is 0 Å². The highest BCUT2D eigenvalue weighted by atomic mass is 19.1. The van der Waals surface area contributed by atoms with Gasteiger partial charge in [-0.1, -0.05) is 22.2 Å². The van der Waals surface area contributed by atoms with Gasteiger partial charge in [-0.3, -0.25) is 24.6 Å². The molecule has 3 amide bonds. The van der Waals surface area contributed by atoms with Crippen molar-refractivity contribution in [3.05, 3.63) is 46.3 Å². The van der Waals surface area contributed by atoms with Crippen LogP contribution in [0.15, 0.2) is 18.2 Å². The van der Waals surface area contributed by atoms with Gasteiger partial charge >= 0.3 is 0 Å². The average Bonchev–Trinajstić information content (AvgIpc) is 3.30. The maximum Gasteiger partial charge on any atom is 0.254 e. The summed E-state index contributed by atoms with van der Waals surface area (Å²) in [5.74, 6) is -1.56. The maximum absolute atomic E-state index is 15.9. The number of piperidine rings is 1. The van der Waals surface area contributed by atoms with Crippen LogP contribution in [0.5, 0.6) is 11.5 Å². The molecule has 3 aliphatic heterocycles. The molecule has 5 rings (SSSR count). The smallest absolute Gasteiger partial charge is 0.254 e. The first-order chi connectivity index (χ1) is 19.6. The summed E-state index contributed by atoms with van der Waals surface area (Å²) < 4.78 is 27.5. The van der Waals surface area contributed by atoms with Gasteiger partial charge in [-0.2, -0.15) is 0 Å². The Balaban J connectivity index is 1.45. The molecule has 3 heterocycles. The van der Waals surface area contributed by atoms with Crippen molar-refractivity contribution in [2.75, 3.05) is 26.3 Å². The zero-order valence-electron chi connectivity index (χ0n) is 25.4. The fourth-order valence-corrected chi connectivity index (χ4v) is 6.35. The number of morpholine rings is 1. The highest BCUT2D eigenvalue weighted by Crippen LogP contribution is 2.55. The van der Waals surface area contributed by atoms with Crippen molar-refractivity contribution in [2.45, 2.75) is 35.6 Å². The number of nitrogens with zero attached hydrogens (tertiary/aromatic N) is 2. The predicted octanol–water partition coefficient (Wildman–Crippen LogP) is -6.83. The number of amides is 3. The van der Waals surface area contributed by atoms with Gasteiger partial charge < -0.3 is 19.5 Å². The van der Waals surface area contributed by atoms with E-state index >= 15 is 4.39 Å². The number of fused-ring (bicyclic) bond motifs is 1. The summed E-state index contributed by atoms with van der Waals surface area (Å²) in [6.07, 6.45) is 0. The molecule has 9 nitrogen and oxygen atoms in total. The molecule has 0 radical (unpaired) electrons. The minimum atomic E-state index is -1.34. The fourth-order valence-electron chi connectivity index (χ4n) is 6.35. The minimum Gasteiger partial charge on any atom is -0.508 e. The second-order valence-corrected chi connectivity index (χ2v) is 12.8. The van der Waals surface area contributed by atoms with Crippen LogP contribution in [0, 0.1) is 5.82 Å². The number of imide groups is 1. The van der Waals surface area contributed by atoms with E-state index in [-0.39, 0.29) is 36.3 Å². The Morgan fingerprint density at radius 1 is 1.00 bits per heavy atom. The first-order valence-electron chi connectivity index (χ1n) is 14.4. The first kappa shape index (κ1) is 30.4. The molecule has 2 saturated heterocycles. The number of benzene rings is 2. The molecule has 2 fully saturated rings. The van der Waals surface area contributed by atoms with E-state index in [0.29, 0.717) is 66.2 Å². The Hall–Kier alpha value is -3.05. The van der Waals surface area contributed by atoms with Gasteiger partial charge in [0.15, 0.2) is 0 Å². The van der Waals surface area contributed by atoms with Crippen LogP contribution in [0.1, 0.15) is 27.0 Å². The van der Waals surface area contributed by atoms with E-state index in [0.717, 1.165) is 0 Å². The van der Waals surface area contributed by atoms with Crippen molar-refractivity contribution in [3.63, 3.8) is 0 Å². The normalized spacial score (nSPS) is 23.5. The second-order valence-electron chi connectivity index (χ2n) is 12.8. The molecule has 2 aromatic rings. The third-order valence-corrected chi connectivity index (χ3v) is 10.5. The van der Waals surface area contributed by atoms with Crippen LogP contribution < -0.4 is 21.0 Å². The number of phenolic OH excluding ortho intramolecular Hbond substituents is 1. The second kappa shape index (κ2) is 10.6. The lowest BCUT2D eigenvalue weighted by Crippen LogP contribution is -2.75. The third kappa shape index (κ3) is 4.42. The molecular formula is C25H33B7FN3O6. The molecule has 3 aliphatic rings. The quantitative estimate of drug-likeness (QED) is 0.265. The number of rotatable bonds is 6. The zero-order chi connectivity index (χ0) is 30.8. The number of carbonyl (C=O) groups excluding carboxylic acids is 3. The van der Waals surface area contributed by atoms with E-state index in [1.165, 1.54) is 4.90 Å². The van der Waals surface area contributed by atoms with Crippen LogP contribution in [0.3, 0.4) is 0 Å². The standard InChI is InChI=1S/C25H33B7FN3O6/c26-16-13(8-35-4-6-41-7-5-35)18(33)14(19(37)17(16)27)10-42-15-3-1-2-11-12(15)9-36(20(11)38)24(30)22(40)34-21(39)23(28,29)25(24,31)32/h1-3,37H,4-10,26-32H2,(H,34,39,40). The summed E-state index contributed by atoms with van der Waals surface area (Å²) in [5, 5.41) is 11.5. The van der Waals surface area contributed by atoms with Crippen molar-refractivity contribution in [1.29, 1.82) is 0 Å². The van der Waals surface area contributed by atoms with Crippen LogP contribution in [-0.2, 0) is 34.0 Å². The Bertz CT molecular complexity index is 1500. The van der Waals surface area contributed by atoms with E-state index in [2.05, 4.69) is 10.2 Å². The van der Waals surface area contributed by atoms with Crippen LogP contribution >= 0.6 is 0 Å². The molecule has 0 bridgehead atoms. The highest BCUT2D eigenvalue weighted by Gasteiger charge is 2.64. The summed E-state index contributed by atoms with van der Waals surface area (Å²) in [4.78, 5) is 43.5. The largest absolute Gasteiger partial charge is 0.508 e. The highest BCUT2D eigenvalue weighted by molar-refractivity contribution is 6.66. The van der Waals surface area contributed by atoms with Gasteiger partial charge in [-0.25, -0.2) is 4.39 Å². The molecular weight excluding hydrogens is 533 g/mol. The molecule has 0 spiro atoms. The van der Waals surface area contributed by atoms with E-state index in [9.17, 15) is 19.5 Å². The maximum atomic E-state index is 15.9. The SMILES string of the molecule is Bc1c(B)c(CN2CCOCC2)c(F)c(COc2cccc3c2CN(C2(B)C(=O)NC(=O)C(B)(B)C2(B)B)C3=O)c1O. The number of ether oxygens (including phenoxy) is 2. The summed E-state index contributed by atoms with van der Waals surface area (Å²) in [6.45, 7) is 2.81. The van der Waals surface area contributed by atoms with Gasteiger partial charge in [0.2, 0.25) is 11.8 Å². The summed E-state index contributed by atoms with van der Waals surface area (Å²) in [7, 11) is 12.5. The molecule has 1 atom stereocenters. The Labute approximate surface area is 251 Å². The number of carbonyl (C=O) groups is 3. The molecule has 1 unspecified atom stereocenters. The van der Waals surface area contributed by atoms with Gasteiger partial charge in [0, 0.05) is 30.8 Å². The molecule has 212 valence electrons. The average molecular weight is 566 g/mol. The monoisotopic (exact) mass is 567 g/mol. The van der Waals surface area contributed by atoms with E-state index in [1.54, 1.807) is 57.4 Å². The van der Waals surface area contributed by atoms with E-state index in [4.69, 9.17) is 9.47 Å². The third-order valence-electron chi connectivity index (χ3n) is 10.5. The molecule has 0 saturated carbocycles. The molecule has 42 heavy (non-hydrogen) atoms. The van der Waals surface area contributed by atoms with Gasteiger partial charge in [-0.05, 0) is 22.9 Å². The molecule has 2 N–H and O–H groups in total. The van der Waals surface area contributed by atoms with E-state index in [1.807, 2.05) is 15.7 Å². The lowest BCUT2D eigenvalue weighted by Gasteiger charge is -2.59. The number of aromatic hydroxyl groups is 1. The first-order valence-corrected chi connectivity index (χ1v) is 14.4. The summed E-state index contributed by atoms with van der Waals surface area (Å²) >= 11 is 0. The summed E-state index contributed by atoms with van der Waals surface area (Å²) in [5.41, 5.74) is 1.47. The van der Waals surface area contributed by atoms with Crippen LogP contribution in [-0.4, -0.2) is 119 Å². The number of nitrogens with one attached hydrogen (secondary N) is 1. The zero-order valence-corrected chi connectivity index (χ0v) is 25.4. The lowest BCUT2D eigenvalue weighted by molar-refractivity contribution is -0.140. The van der Waals surface area contributed by atoms with Crippen molar-refractivity contribution >= 4 is 83.6 Å². The van der Waals surface area contributed by atoms with Gasteiger partial charge in [0.1, 0.15) is 78.8 Å². The Morgan fingerprint density at radius 2 is 1.67 bits per heavy atom. The molecule has 0 aliphatic carbocycles. The minimum absolute atomic E-state index is 0.0557. The van der Waals surface area contributed by atoms with E-state index < -0.39 is 27.6 Å². The molecule has 17 heteroatoms.